The van der Waals surface area contributed by atoms with E-state index >= 15 is 0 Å². The van der Waals surface area contributed by atoms with Crippen molar-refractivity contribution in [3.05, 3.63) is 17.1 Å². The van der Waals surface area contributed by atoms with Gasteiger partial charge in [0.25, 0.3) is 0 Å². The number of nitrogens with one attached hydrogen (secondary N) is 1. The lowest BCUT2D eigenvalue weighted by Crippen LogP contribution is -2.18. The van der Waals surface area contributed by atoms with Crippen LogP contribution in [0.2, 0.25) is 0 Å². The Bertz CT molecular complexity index is 400. The highest BCUT2D eigenvalue weighted by Crippen LogP contribution is 2.27. The topological polar surface area (TPSA) is 47.0 Å². The molecule has 0 unspecified atom stereocenters. The van der Waals surface area contributed by atoms with Crippen LogP contribution >= 0.6 is 0 Å². The van der Waals surface area contributed by atoms with E-state index in [2.05, 4.69) is 26.1 Å². The van der Waals surface area contributed by atoms with Crippen molar-refractivity contribution < 1.29 is 4.74 Å². The van der Waals surface area contributed by atoms with Crippen molar-refractivity contribution in [1.29, 1.82) is 0 Å². The number of anilines is 1. The van der Waals surface area contributed by atoms with Gasteiger partial charge in [-0.1, -0.05) is 6.92 Å². The van der Waals surface area contributed by atoms with E-state index in [1.165, 1.54) is 5.56 Å². The lowest BCUT2D eigenvalue weighted by Gasteiger charge is -2.22. The third-order valence-electron chi connectivity index (χ3n) is 3.52. The molecule has 1 aliphatic rings. The Morgan fingerprint density at radius 1 is 1.22 bits per heavy atom. The molecule has 1 aromatic rings. The molecule has 1 N–H and O–H groups in total. The van der Waals surface area contributed by atoms with Crippen molar-refractivity contribution in [1.82, 2.24) is 9.97 Å². The van der Waals surface area contributed by atoms with E-state index in [0.29, 0.717) is 5.92 Å². The van der Waals surface area contributed by atoms with Gasteiger partial charge in [-0.3, -0.25) is 0 Å². The highest BCUT2D eigenvalue weighted by atomic mass is 16.5. The summed E-state index contributed by atoms with van der Waals surface area (Å²) in [5, 5.41) is 3.37. The lowest BCUT2D eigenvalue weighted by molar-refractivity contribution is 0.0835. The average molecular weight is 249 g/mol. The van der Waals surface area contributed by atoms with Crippen molar-refractivity contribution >= 4 is 5.82 Å². The molecule has 0 saturated carbocycles. The van der Waals surface area contributed by atoms with Gasteiger partial charge in [-0.25, -0.2) is 9.97 Å². The second-order valence-electron chi connectivity index (χ2n) is 4.76. The summed E-state index contributed by atoms with van der Waals surface area (Å²) < 4.78 is 5.40. The van der Waals surface area contributed by atoms with Crippen LogP contribution in [-0.2, 0) is 11.2 Å². The minimum absolute atomic E-state index is 0.459. The van der Waals surface area contributed by atoms with Gasteiger partial charge >= 0.3 is 0 Å². The van der Waals surface area contributed by atoms with E-state index < -0.39 is 0 Å². The van der Waals surface area contributed by atoms with E-state index in [1.54, 1.807) is 0 Å². The number of hydrogen-bond donors (Lipinski definition) is 1. The highest BCUT2D eigenvalue weighted by molar-refractivity contribution is 5.46. The van der Waals surface area contributed by atoms with Crippen LogP contribution in [0.4, 0.5) is 5.82 Å². The summed E-state index contributed by atoms with van der Waals surface area (Å²) in [6, 6.07) is 0. The number of hydrogen-bond acceptors (Lipinski definition) is 4. The zero-order valence-corrected chi connectivity index (χ0v) is 11.6. The monoisotopic (exact) mass is 249 g/mol. The summed E-state index contributed by atoms with van der Waals surface area (Å²) in [4.78, 5) is 9.44. The average Bonchev–Trinajstić information content (AvgIpc) is 2.40. The van der Waals surface area contributed by atoms with Crippen molar-refractivity contribution in [2.75, 3.05) is 25.1 Å². The van der Waals surface area contributed by atoms with Crippen LogP contribution in [0.25, 0.3) is 0 Å². The smallest absolute Gasteiger partial charge is 0.134 e. The minimum atomic E-state index is 0.459. The van der Waals surface area contributed by atoms with Crippen molar-refractivity contribution in [2.24, 2.45) is 0 Å². The molecule has 0 aromatic carbocycles. The number of rotatable bonds is 4. The normalized spacial score (nSPS) is 16.8. The summed E-state index contributed by atoms with van der Waals surface area (Å²) in [6.07, 6.45) is 3.05. The van der Waals surface area contributed by atoms with Gasteiger partial charge in [-0.05, 0) is 33.1 Å². The predicted octanol–water partition coefficient (Wildman–Crippen LogP) is 2.67. The molecule has 1 aliphatic heterocycles. The Morgan fingerprint density at radius 3 is 2.56 bits per heavy atom. The van der Waals surface area contributed by atoms with Crippen LogP contribution in [0, 0.1) is 6.92 Å². The first-order valence-corrected chi connectivity index (χ1v) is 6.95. The van der Waals surface area contributed by atoms with Gasteiger partial charge in [0.1, 0.15) is 11.6 Å². The van der Waals surface area contributed by atoms with Crippen LogP contribution in [0.3, 0.4) is 0 Å². The molecule has 0 amide bonds. The Kier molecular flexibility index (Phi) is 4.53. The van der Waals surface area contributed by atoms with Crippen LogP contribution in [0.5, 0.6) is 0 Å². The van der Waals surface area contributed by atoms with Crippen LogP contribution in [0.15, 0.2) is 0 Å². The number of ether oxygens (including phenoxy) is 1. The largest absolute Gasteiger partial charge is 0.381 e. The highest BCUT2D eigenvalue weighted by Gasteiger charge is 2.20. The summed E-state index contributed by atoms with van der Waals surface area (Å²) in [6.45, 7) is 8.91. The molecule has 0 spiro atoms. The fraction of sp³-hybridized carbons (Fsp3) is 0.714. The first kappa shape index (κ1) is 13.3. The molecule has 1 aromatic heterocycles. The van der Waals surface area contributed by atoms with E-state index in [-0.39, 0.29) is 0 Å². The number of aromatic nitrogens is 2. The second kappa shape index (κ2) is 6.14. The van der Waals surface area contributed by atoms with Gasteiger partial charge in [0.2, 0.25) is 0 Å². The predicted molar refractivity (Wildman–Crippen MR) is 73.1 cm³/mol. The molecule has 2 heterocycles. The summed E-state index contributed by atoms with van der Waals surface area (Å²) >= 11 is 0. The zero-order valence-electron chi connectivity index (χ0n) is 11.6. The zero-order chi connectivity index (χ0) is 13.0. The molecule has 0 bridgehead atoms. The maximum absolute atomic E-state index is 5.40. The van der Waals surface area contributed by atoms with Gasteiger partial charge < -0.3 is 10.1 Å². The first-order chi connectivity index (χ1) is 8.76. The summed E-state index contributed by atoms with van der Waals surface area (Å²) in [7, 11) is 0. The molecule has 18 heavy (non-hydrogen) atoms. The molecule has 0 atom stereocenters. The lowest BCUT2D eigenvalue weighted by atomic mass is 9.99. The van der Waals surface area contributed by atoms with E-state index in [1.807, 2.05) is 0 Å². The number of nitrogens with zero attached hydrogens (tertiary/aromatic N) is 2. The maximum Gasteiger partial charge on any atom is 0.134 e. The van der Waals surface area contributed by atoms with E-state index in [0.717, 1.165) is 56.4 Å². The summed E-state index contributed by atoms with van der Waals surface area (Å²) in [5.41, 5.74) is 2.36. The van der Waals surface area contributed by atoms with Crippen LogP contribution in [0.1, 0.15) is 49.7 Å². The fourth-order valence-electron chi connectivity index (χ4n) is 2.49. The molecule has 100 valence electrons. The van der Waals surface area contributed by atoms with E-state index in [9.17, 15) is 0 Å². The van der Waals surface area contributed by atoms with Gasteiger partial charge in [0.05, 0.1) is 0 Å². The summed E-state index contributed by atoms with van der Waals surface area (Å²) in [5.74, 6) is 2.47. The molecule has 2 rings (SSSR count). The minimum Gasteiger partial charge on any atom is -0.381 e. The first-order valence-electron chi connectivity index (χ1n) is 6.95. The van der Waals surface area contributed by atoms with Gasteiger partial charge in [-0.15, -0.1) is 0 Å². The van der Waals surface area contributed by atoms with Crippen molar-refractivity contribution in [3.63, 3.8) is 0 Å². The molecule has 1 saturated heterocycles. The SMILES string of the molecule is CCNc1nc(C2CCOCC2)nc(C)c1CC. The Balaban J connectivity index is 2.30. The fourth-order valence-corrected chi connectivity index (χ4v) is 2.49. The van der Waals surface area contributed by atoms with Gasteiger partial charge in [0.15, 0.2) is 0 Å². The Hall–Kier alpha value is -1.16. The van der Waals surface area contributed by atoms with Crippen molar-refractivity contribution in [3.8, 4) is 0 Å². The van der Waals surface area contributed by atoms with Gasteiger partial charge in [-0.2, -0.15) is 0 Å². The van der Waals surface area contributed by atoms with Gasteiger partial charge in [0, 0.05) is 36.9 Å². The van der Waals surface area contributed by atoms with Crippen LogP contribution in [-0.4, -0.2) is 29.7 Å². The Morgan fingerprint density at radius 2 is 1.94 bits per heavy atom. The molecule has 4 nitrogen and oxygen atoms in total. The third kappa shape index (κ3) is 2.80. The maximum atomic E-state index is 5.40. The Labute approximate surface area is 109 Å². The molecule has 4 heteroatoms. The standard InChI is InChI=1S/C14H23N3O/c1-4-12-10(3)16-13(17-14(12)15-5-2)11-6-8-18-9-7-11/h11H,4-9H2,1-3H3,(H,15,16,17). The number of aryl methyl sites for hydroxylation is 1. The van der Waals surface area contributed by atoms with Crippen LogP contribution < -0.4 is 5.32 Å². The van der Waals surface area contributed by atoms with E-state index in [4.69, 9.17) is 14.7 Å². The molecule has 1 fully saturated rings. The quantitative estimate of drug-likeness (QED) is 0.891. The molecular weight excluding hydrogens is 226 g/mol. The van der Waals surface area contributed by atoms with Crippen molar-refractivity contribution in [2.45, 2.75) is 46.0 Å². The molecule has 0 aliphatic carbocycles. The molecular formula is C14H23N3O. The molecule has 0 radical (unpaired) electrons. The second-order valence-corrected chi connectivity index (χ2v) is 4.76. The third-order valence-corrected chi connectivity index (χ3v) is 3.52.